The van der Waals surface area contributed by atoms with Crippen LogP contribution in [0.15, 0.2) is 59.5 Å². The number of fused-ring (bicyclic) bond motifs is 1. The highest BCUT2D eigenvalue weighted by molar-refractivity contribution is 7.89. The number of ether oxygens (including phenoxy) is 1. The molecule has 0 aliphatic carbocycles. The minimum absolute atomic E-state index is 0.0327. The fraction of sp³-hybridized carbons (Fsp3) is 0.238. The van der Waals surface area contributed by atoms with E-state index in [4.69, 9.17) is 16.3 Å². The average molecular weight is 433 g/mol. The van der Waals surface area contributed by atoms with Crippen LogP contribution in [0.2, 0.25) is 5.15 Å². The molecule has 0 N–H and O–H groups in total. The molecule has 3 aromatic rings. The first kappa shape index (κ1) is 21.2. The molecule has 0 saturated heterocycles. The zero-order chi connectivity index (χ0) is 21.0. The van der Waals surface area contributed by atoms with Crippen molar-refractivity contribution in [2.75, 3.05) is 13.1 Å². The molecule has 0 bridgehead atoms. The molecule has 0 amide bonds. The number of hydrogen-bond acceptors (Lipinski definition) is 5. The van der Waals surface area contributed by atoms with Crippen LogP contribution in [0.3, 0.4) is 0 Å². The fourth-order valence-electron chi connectivity index (χ4n) is 2.94. The molecule has 0 saturated carbocycles. The molecular formula is C21H21ClN2O4S. The molecule has 2 aromatic carbocycles. The first-order chi connectivity index (χ1) is 13.9. The van der Waals surface area contributed by atoms with E-state index in [1.165, 1.54) is 28.6 Å². The molecule has 6 nitrogen and oxygen atoms in total. The zero-order valence-corrected chi connectivity index (χ0v) is 17.7. The maximum atomic E-state index is 12.5. The molecule has 29 heavy (non-hydrogen) atoms. The van der Waals surface area contributed by atoms with Gasteiger partial charge in [-0.1, -0.05) is 43.6 Å². The van der Waals surface area contributed by atoms with Crippen molar-refractivity contribution >= 4 is 38.5 Å². The number of carbonyl (C=O) groups is 1. The van der Waals surface area contributed by atoms with Gasteiger partial charge >= 0.3 is 5.97 Å². The Morgan fingerprint density at radius 1 is 1.07 bits per heavy atom. The Labute approximate surface area is 175 Å². The summed E-state index contributed by atoms with van der Waals surface area (Å²) in [5.74, 6) is -0.569. The predicted molar refractivity (Wildman–Crippen MR) is 112 cm³/mol. The van der Waals surface area contributed by atoms with Crippen LogP contribution >= 0.6 is 11.6 Å². The fourth-order valence-corrected chi connectivity index (χ4v) is 4.60. The van der Waals surface area contributed by atoms with Crippen molar-refractivity contribution in [1.82, 2.24) is 9.29 Å². The number of sulfonamides is 1. The van der Waals surface area contributed by atoms with E-state index in [2.05, 4.69) is 4.98 Å². The van der Waals surface area contributed by atoms with Crippen molar-refractivity contribution < 1.29 is 17.9 Å². The third kappa shape index (κ3) is 4.58. The third-order valence-corrected chi connectivity index (χ3v) is 6.93. The van der Waals surface area contributed by atoms with E-state index < -0.39 is 16.0 Å². The Bertz CT molecular complexity index is 1130. The first-order valence-corrected chi connectivity index (χ1v) is 11.0. The van der Waals surface area contributed by atoms with Crippen molar-refractivity contribution in [2.45, 2.75) is 25.3 Å². The second-order valence-electron chi connectivity index (χ2n) is 6.32. The number of carbonyl (C=O) groups excluding carboxylic acids is 1. The van der Waals surface area contributed by atoms with Crippen LogP contribution in [0.25, 0.3) is 10.9 Å². The van der Waals surface area contributed by atoms with Gasteiger partial charge in [-0.2, -0.15) is 4.31 Å². The van der Waals surface area contributed by atoms with Crippen LogP contribution < -0.4 is 0 Å². The molecule has 0 spiro atoms. The topological polar surface area (TPSA) is 76.6 Å². The molecule has 152 valence electrons. The number of para-hydroxylation sites is 1. The highest BCUT2D eigenvalue weighted by atomic mass is 35.5. The largest absolute Gasteiger partial charge is 0.457 e. The minimum Gasteiger partial charge on any atom is -0.457 e. The lowest BCUT2D eigenvalue weighted by molar-refractivity contribution is 0.0472. The summed E-state index contributed by atoms with van der Waals surface area (Å²) in [6.45, 7) is 4.28. The normalized spacial score (nSPS) is 11.7. The zero-order valence-electron chi connectivity index (χ0n) is 16.1. The van der Waals surface area contributed by atoms with Crippen LogP contribution in [0.5, 0.6) is 0 Å². The molecule has 0 aliphatic heterocycles. The number of hydrogen-bond donors (Lipinski definition) is 0. The minimum atomic E-state index is -3.57. The summed E-state index contributed by atoms with van der Waals surface area (Å²) >= 11 is 6.19. The smallest absolute Gasteiger partial charge is 0.338 e. The number of esters is 1. The van der Waals surface area contributed by atoms with Crippen molar-refractivity contribution in [3.63, 3.8) is 0 Å². The molecule has 8 heteroatoms. The van der Waals surface area contributed by atoms with E-state index in [1.54, 1.807) is 13.8 Å². The number of aromatic nitrogens is 1. The Morgan fingerprint density at radius 2 is 1.72 bits per heavy atom. The summed E-state index contributed by atoms with van der Waals surface area (Å²) < 4.78 is 31.7. The van der Waals surface area contributed by atoms with Crippen LogP contribution in [0.4, 0.5) is 0 Å². The van der Waals surface area contributed by atoms with Gasteiger partial charge in [-0.15, -0.1) is 0 Å². The summed E-state index contributed by atoms with van der Waals surface area (Å²) in [6, 6.07) is 15.1. The lowest BCUT2D eigenvalue weighted by Gasteiger charge is -2.18. The first-order valence-electron chi connectivity index (χ1n) is 9.18. The lowest BCUT2D eigenvalue weighted by Crippen LogP contribution is -2.30. The van der Waals surface area contributed by atoms with Gasteiger partial charge in [-0.25, -0.2) is 18.2 Å². The van der Waals surface area contributed by atoms with Crippen LogP contribution in [0.1, 0.15) is 29.8 Å². The molecule has 1 aromatic heterocycles. The molecule has 1 heterocycles. The number of nitrogens with zero attached hydrogens (tertiary/aromatic N) is 2. The molecule has 0 aliphatic rings. The molecule has 0 unspecified atom stereocenters. The van der Waals surface area contributed by atoms with Gasteiger partial charge in [-0.05, 0) is 36.4 Å². The van der Waals surface area contributed by atoms with Gasteiger partial charge in [0.2, 0.25) is 10.0 Å². The quantitative estimate of drug-likeness (QED) is 0.411. The van der Waals surface area contributed by atoms with E-state index in [-0.39, 0.29) is 22.2 Å². The predicted octanol–water partition coefficient (Wildman–Crippen LogP) is 4.28. The van der Waals surface area contributed by atoms with Gasteiger partial charge in [0, 0.05) is 24.0 Å². The standard InChI is InChI=1S/C21H21ClN2O4S/c1-3-24(4-2)29(26,27)18-11-9-15(10-12-18)21(25)28-14-17-13-16-7-5-6-8-19(16)23-20(17)22/h5-13H,3-4,14H2,1-2H3. The van der Waals surface area contributed by atoms with Gasteiger partial charge < -0.3 is 4.74 Å². The van der Waals surface area contributed by atoms with Gasteiger partial charge in [0.05, 0.1) is 16.0 Å². The van der Waals surface area contributed by atoms with Gasteiger partial charge in [0.15, 0.2) is 0 Å². The van der Waals surface area contributed by atoms with E-state index in [9.17, 15) is 13.2 Å². The van der Waals surface area contributed by atoms with Gasteiger partial charge in [0.25, 0.3) is 0 Å². The highest BCUT2D eigenvalue weighted by Gasteiger charge is 2.22. The number of benzene rings is 2. The number of halogens is 1. The van der Waals surface area contributed by atoms with E-state index in [1.807, 2.05) is 30.3 Å². The molecule has 3 rings (SSSR count). The molecular weight excluding hydrogens is 412 g/mol. The van der Waals surface area contributed by atoms with Gasteiger partial charge in [0.1, 0.15) is 11.8 Å². The van der Waals surface area contributed by atoms with Crippen LogP contribution in [-0.2, 0) is 21.4 Å². The summed E-state index contributed by atoms with van der Waals surface area (Å²) in [7, 11) is -3.57. The maximum absolute atomic E-state index is 12.5. The van der Waals surface area contributed by atoms with Crippen molar-refractivity contribution in [2.24, 2.45) is 0 Å². The summed E-state index contributed by atoms with van der Waals surface area (Å²) in [6.07, 6.45) is 0. The van der Waals surface area contributed by atoms with Crippen LogP contribution in [-0.4, -0.2) is 36.8 Å². The van der Waals surface area contributed by atoms with E-state index >= 15 is 0 Å². The molecule has 0 radical (unpaired) electrons. The Balaban J connectivity index is 1.73. The van der Waals surface area contributed by atoms with Crippen molar-refractivity contribution in [3.8, 4) is 0 Å². The van der Waals surface area contributed by atoms with Gasteiger partial charge in [-0.3, -0.25) is 0 Å². The number of rotatable bonds is 7. The molecule has 0 fully saturated rings. The van der Waals surface area contributed by atoms with E-state index in [0.717, 1.165) is 10.9 Å². The second kappa shape index (κ2) is 8.90. The average Bonchev–Trinajstić information content (AvgIpc) is 2.72. The van der Waals surface area contributed by atoms with Crippen molar-refractivity contribution in [3.05, 3.63) is 70.9 Å². The summed E-state index contributed by atoms with van der Waals surface area (Å²) in [5, 5.41) is 1.17. The Morgan fingerprint density at radius 3 is 2.38 bits per heavy atom. The second-order valence-corrected chi connectivity index (χ2v) is 8.62. The summed E-state index contributed by atoms with van der Waals surface area (Å²) in [4.78, 5) is 16.8. The monoisotopic (exact) mass is 432 g/mol. The Hall–Kier alpha value is -2.48. The lowest BCUT2D eigenvalue weighted by atomic mass is 10.1. The van der Waals surface area contributed by atoms with E-state index in [0.29, 0.717) is 18.7 Å². The number of pyridine rings is 1. The van der Waals surface area contributed by atoms with Crippen molar-refractivity contribution in [1.29, 1.82) is 0 Å². The van der Waals surface area contributed by atoms with Crippen LogP contribution in [0, 0.1) is 0 Å². The summed E-state index contributed by atoms with van der Waals surface area (Å²) in [5.41, 5.74) is 1.62. The molecule has 0 atom stereocenters. The Kier molecular flexibility index (Phi) is 6.52. The highest BCUT2D eigenvalue weighted by Crippen LogP contribution is 2.22. The maximum Gasteiger partial charge on any atom is 0.338 e. The SMILES string of the molecule is CCN(CC)S(=O)(=O)c1ccc(C(=O)OCc2cc3ccccc3nc2Cl)cc1. The third-order valence-electron chi connectivity index (χ3n) is 4.54.